The third-order valence-corrected chi connectivity index (χ3v) is 6.26. The Hall–Kier alpha value is -2.19. The summed E-state index contributed by atoms with van der Waals surface area (Å²) in [7, 11) is 0. The topological polar surface area (TPSA) is 99.9 Å². The van der Waals surface area contributed by atoms with Crippen molar-refractivity contribution in [1.82, 2.24) is 19.5 Å². The summed E-state index contributed by atoms with van der Waals surface area (Å²) in [6, 6.07) is 1.86. The van der Waals surface area contributed by atoms with Gasteiger partial charge in [0.1, 0.15) is 0 Å². The van der Waals surface area contributed by atoms with E-state index in [1.165, 1.54) is 4.52 Å². The van der Waals surface area contributed by atoms with Crippen molar-refractivity contribution in [3.05, 3.63) is 33.4 Å². The predicted octanol–water partition coefficient (Wildman–Crippen LogP) is 2.76. The van der Waals surface area contributed by atoms with Gasteiger partial charge in [0.2, 0.25) is 0 Å². The normalized spacial score (nSPS) is 23.2. The van der Waals surface area contributed by atoms with Gasteiger partial charge in [-0.25, -0.2) is 14.3 Å². The molecule has 0 spiro atoms. The molecule has 3 heterocycles. The Morgan fingerprint density at radius 3 is 2.70 bits per heavy atom. The summed E-state index contributed by atoms with van der Waals surface area (Å²) >= 11 is 0. The van der Waals surface area contributed by atoms with Crippen molar-refractivity contribution >= 4 is 11.6 Å². The number of likely N-dealkylation sites (tertiary alicyclic amines) is 1. The van der Waals surface area contributed by atoms with Gasteiger partial charge in [-0.2, -0.15) is 0 Å². The van der Waals surface area contributed by atoms with E-state index in [1.54, 1.807) is 6.92 Å². The van der Waals surface area contributed by atoms with Crippen LogP contribution in [-0.4, -0.2) is 55.9 Å². The van der Waals surface area contributed by atoms with Gasteiger partial charge in [-0.15, -0.1) is 0 Å². The fraction of sp³-hybridized carbons (Fsp3) is 0.682. The largest absolute Gasteiger partial charge is 0.479 e. The molecule has 8 heteroatoms. The maximum absolute atomic E-state index is 12.5. The molecule has 0 amide bonds. The fourth-order valence-electron chi connectivity index (χ4n) is 4.17. The van der Waals surface area contributed by atoms with Crippen LogP contribution in [0.25, 0.3) is 5.65 Å². The first-order valence-electron chi connectivity index (χ1n) is 10.6. The number of H-pyrrole nitrogens is 1. The Labute approximate surface area is 177 Å². The molecule has 1 aliphatic rings. The van der Waals surface area contributed by atoms with Crippen LogP contribution in [0.4, 0.5) is 0 Å². The number of carboxylic acid groups (broad SMARTS) is 1. The van der Waals surface area contributed by atoms with E-state index in [9.17, 15) is 14.7 Å². The molecule has 166 valence electrons. The summed E-state index contributed by atoms with van der Waals surface area (Å²) in [5.74, 6) is -0.746. The number of hydrogen-bond donors (Lipinski definition) is 2. The molecule has 2 N–H and O–H groups in total. The second-order valence-corrected chi connectivity index (χ2v) is 9.69. The predicted molar refractivity (Wildman–Crippen MR) is 115 cm³/mol. The number of piperidine rings is 1. The van der Waals surface area contributed by atoms with E-state index >= 15 is 0 Å². The van der Waals surface area contributed by atoms with Crippen LogP contribution in [0.15, 0.2) is 10.9 Å². The van der Waals surface area contributed by atoms with Gasteiger partial charge in [0, 0.05) is 49.3 Å². The van der Waals surface area contributed by atoms with Crippen LogP contribution < -0.4 is 5.56 Å². The molecule has 0 radical (unpaired) electrons. The third-order valence-electron chi connectivity index (χ3n) is 6.26. The molecular weight excluding hydrogens is 384 g/mol. The Bertz CT molecular complexity index is 987. The standard InChI is InChI=1S/C22H34N4O4/c1-7-8-30-22(20(28)29)10-16(21(4,5)6)11-25(13-22)12-17-9-18-23-15(3)14(2)19(27)26(18)24-17/h9,16,24H,7-8,10-13H2,1-6H3,(H,28,29)/t16-,22+/m1/s1. The molecule has 0 aliphatic carbocycles. The van der Waals surface area contributed by atoms with Crippen LogP contribution in [0.3, 0.4) is 0 Å². The van der Waals surface area contributed by atoms with Crippen LogP contribution in [0.5, 0.6) is 0 Å². The van der Waals surface area contributed by atoms with Crippen molar-refractivity contribution in [3.8, 4) is 0 Å². The number of fused-ring (bicyclic) bond motifs is 1. The Morgan fingerprint density at radius 2 is 2.10 bits per heavy atom. The number of ether oxygens (including phenoxy) is 1. The average Bonchev–Trinajstić information content (AvgIpc) is 3.05. The highest BCUT2D eigenvalue weighted by Gasteiger charge is 2.49. The molecule has 0 saturated carbocycles. The van der Waals surface area contributed by atoms with Crippen LogP contribution in [-0.2, 0) is 16.1 Å². The van der Waals surface area contributed by atoms with Gasteiger partial charge in [0.25, 0.3) is 5.56 Å². The molecule has 1 saturated heterocycles. The molecule has 0 bridgehead atoms. The summed E-state index contributed by atoms with van der Waals surface area (Å²) < 4.78 is 7.42. The molecule has 2 aromatic heterocycles. The fourth-order valence-corrected chi connectivity index (χ4v) is 4.17. The number of carbonyl (C=O) groups is 1. The van der Waals surface area contributed by atoms with E-state index in [2.05, 4.69) is 35.8 Å². The number of rotatable bonds is 6. The van der Waals surface area contributed by atoms with Gasteiger partial charge in [-0.3, -0.25) is 14.8 Å². The molecule has 30 heavy (non-hydrogen) atoms. The molecule has 2 aromatic rings. The van der Waals surface area contributed by atoms with Gasteiger partial charge in [0.15, 0.2) is 11.2 Å². The van der Waals surface area contributed by atoms with E-state index < -0.39 is 11.6 Å². The number of aromatic nitrogens is 3. The smallest absolute Gasteiger partial charge is 0.337 e. The zero-order valence-corrected chi connectivity index (χ0v) is 18.9. The van der Waals surface area contributed by atoms with Gasteiger partial charge in [-0.05, 0) is 38.0 Å². The van der Waals surface area contributed by atoms with Crippen LogP contribution in [0.2, 0.25) is 0 Å². The van der Waals surface area contributed by atoms with Crippen molar-refractivity contribution in [2.24, 2.45) is 11.3 Å². The SMILES string of the molecule is CCCO[C@@]1(C(=O)O)C[C@@H](C(C)(C)C)CN(Cc2cc3nc(C)c(C)c(=O)n3[nH]2)C1. The van der Waals surface area contributed by atoms with Gasteiger partial charge in [-0.1, -0.05) is 27.7 Å². The monoisotopic (exact) mass is 418 g/mol. The lowest BCUT2D eigenvalue weighted by atomic mass is 9.71. The minimum absolute atomic E-state index is 0.0535. The highest BCUT2D eigenvalue weighted by molar-refractivity contribution is 5.78. The summed E-state index contributed by atoms with van der Waals surface area (Å²) in [6.07, 6.45) is 1.26. The molecule has 2 atom stereocenters. The van der Waals surface area contributed by atoms with E-state index in [4.69, 9.17) is 4.74 Å². The molecule has 1 aliphatic heterocycles. The first kappa shape index (κ1) is 22.5. The lowest BCUT2D eigenvalue weighted by molar-refractivity contribution is -0.181. The van der Waals surface area contributed by atoms with Gasteiger partial charge < -0.3 is 9.84 Å². The molecule has 0 unspecified atom stereocenters. The van der Waals surface area contributed by atoms with Crippen LogP contribution in [0, 0.1) is 25.2 Å². The zero-order valence-electron chi connectivity index (χ0n) is 18.9. The lowest BCUT2D eigenvalue weighted by Crippen LogP contribution is -2.59. The number of nitrogens with zero attached hydrogens (tertiary/aromatic N) is 3. The molecular formula is C22H34N4O4. The average molecular weight is 419 g/mol. The van der Waals surface area contributed by atoms with Crippen LogP contribution in [0.1, 0.15) is 57.5 Å². The van der Waals surface area contributed by atoms with Crippen molar-refractivity contribution in [3.63, 3.8) is 0 Å². The second-order valence-electron chi connectivity index (χ2n) is 9.69. The number of hydrogen-bond acceptors (Lipinski definition) is 5. The van der Waals surface area contributed by atoms with Gasteiger partial charge >= 0.3 is 5.97 Å². The van der Waals surface area contributed by atoms with Crippen molar-refractivity contribution in [2.75, 3.05) is 19.7 Å². The number of nitrogens with one attached hydrogen (secondary N) is 1. The number of aliphatic carboxylic acids is 1. The maximum Gasteiger partial charge on any atom is 0.337 e. The number of aryl methyl sites for hydroxylation is 1. The zero-order chi connectivity index (χ0) is 22.3. The second kappa shape index (κ2) is 8.15. The molecule has 0 aromatic carbocycles. The Kier molecular flexibility index (Phi) is 6.11. The highest BCUT2D eigenvalue weighted by Crippen LogP contribution is 2.39. The van der Waals surface area contributed by atoms with E-state index in [1.807, 2.05) is 19.9 Å². The van der Waals surface area contributed by atoms with E-state index in [-0.39, 0.29) is 16.9 Å². The van der Waals surface area contributed by atoms with E-state index in [0.717, 1.165) is 18.7 Å². The van der Waals surface area contributed by atoms with Crippen molar-refractivity contribution in [1.29, 1.82) is 0 Å². The molecule has 3 rings (SSSR count). The summed E-state index contributed by atoms with van der Waals surface area (Å²) in [6.45, 7) is 14.0. The molecule has 1 fully saturated rings. The number of aromatic amines is 1. The summed E-state index contributed by atoms with van der Waals surface area (Å²) in [4.78, 5) is 31.4. The first-order chi connectivity index (χ1) is 14.0. The van der Waals surface area contributed by atoms with Crippen molar-refractivity contribution in [2.45, 2.75) is 66.5 Å². The lowest BCUT2D eigenvalue weighted by Gasteiger charge is -2.47. The van der Waals surface area contributed by atoms with E-state index in [0.29, 0.717) is 43.0 Å². The first-order valence-corrected chi connectivity index (χ1v) is 10.6. The Balaban J connectivity index is 1.93. The van der Waals surface area contributed by atoms with Crippen molar-refractivity contribution < 1.29 is 14.6 Å². The summed E-state index contributed by atoms with van der Waals surface area (Å²) in [5.41, 5.74) is 1.35. The molecule has 8 nitrogen and oxygen atoms in total. The third kappa shape index (κ3) is 4.30. The summed E-state index contributed by atoms with van der Waals surface area (Å²) in [5, 5.41) is 13.2. The quantitative estimate of drug-likeness (QED) is 0.748. The van der Waals surface area contributed by atoms with Crippen LogP contribution >= 0.6 is 0 Å². The van der Waals surface area contributed by atoms with Gasteiger partial charge in [0.05, 0.1) is 0 Å². The minimum Gasteiger partial charge on any atom is -0.479 e. The number of carboxylic acids is 1. The Morgan fingerprint density at radius 1 is 1.40 bits per heavy atom. The minimum atomic E-state index is -1.22. The highest BCUT2D eigenvalue weighted by atomic mass is 16.5. The maximum atomic E-state index is 12.5.